The van der Waals surface area contributed by atoms with Crippen molar-refractivity contribution in [2.24, 2.45) is 5.92 Å². The van der Waals surface area contributed by atoms with Gasteiger partial charge in [0.05, 0.1) is 25.7 Å². The summed E-state index contributed by atoms with van der Waals surface area (Å²) in [6.07, 6.45) is 2.37. The molecule has 0 spiro atoms. The summed E-state index contributed by atoms with van der Waals surface area (Å²) in [5.74, 6) is 0.632. The number of nitrogens with zero attached hydrogens (tertiary/aromatic N) is 1. The van der Waals surface area contributed by atoms with Crippen molar-refractivity contribution in [3.63, 3.8) is 0 Å². The average Bonchev–Trinajstić information content (AvgIpc) is 2.92. The Labute approximate surface area is 108 Å². The van der Waals surface area contributed by atoms with Gasteiger partial charge in [-0.3, -0.25) is 4.79 Å². The molecule has 1 atom stereocenters. The van der Waals surface area contributed by atoms with E-state index in [1.165, 1.54) is 0 Å². The van der Waals surface area contributed by atoms with Gasteiger partial charge in [-0.1, -0.05) is 0 Å². The summed E-state index contributed by atoms with van der Waals surface area (Å²) in [6, 6.07) is 0. The van der Waals surface area contributed by atoms with Crippen molar-refractivity contribution in [3.8, 4) is 0 Å². The van der Waals surface area contributed by atoms with E-state index >= 15 is 0 Å². The van der Waals surface area contributed by atoms with Crippen LogP contribution in [0.3, 0.4) is 0 Å². The number of ether oxygens (including phenoxy) is 3. The van der Waals surface area contributed by atoms with Crippen molar-refractivity contribution in [3.05, 3.63) is 0 Å². The van der Waals surface area contributed by atoms with Gasteiger partial charge in [0.2, 0.25) is 5.91 Å². The Morgan fingerprint density at radius 2 is 1.94 bits per heavy atom. The molecule has 0 bridgehead atoms. The zero-order valence-corrected chi connectivity index (χ0v) is 11.3. The molecule has 104 valence electrons. The first-order chi connectivity index (χ1) is 8.70. The maximum atomic E-state index is 12.0. The van der Waals surface area contributed by atoms with Crippen LogP contribution >= 0.6 is 0 Å². The SMILES string of the molecule is COC(C)CC(=O)N1CCC(C2OCCO2)CC1. The van der Waals surface area contributed by atoms with Gasteiger partial charge in [0, 0.05) is 26.1 Å². The van der Waals surface area contributed by atoms with Crippen molar-refractivity contribution in [2.45, 2.75) is 38.6 Å². The van der Waals surface area contributed by atoms with Gasteiger partial charge in [-0.2, -0.15) is 0 Å². The minimum atomic E-state index is -0.0415. The number of hydrogen-bond acceptors (Lipinski definition) is 4. The first-order valence-electron chi connectivity index (χ1n) is 6.74. The summed E-state index contributed by atoms with van der Waals surface area (Å²) >= 11 is 0. The summed E-state index contributed by atoms with van der Waals surface area (Å²) in [5.41, 5.74) is 0. The van der Waals surface area contributed by atoms with E-state index in [4.69, 9.17) is 14.2 Å². The molecule has 1 unspecified atom stereocenters. The molecular weight excluding hydrogens is 234 g/mol. The van der Waals surface area contributed by atoms with Gasteiger partial charge in [-0.05, 0) is 19.8 Å². The quantitative estimate of drug-likeness (QED) is 0.754. The van der Waals surface area contributed by atoms with Crippen LogP contribution in [0.4, 0.5) is 0 Å². The highest BCUT2D eigenvalue weighted by Gasteiger charge is 2.31. The Balaban J connectivity index is 1.73. The molecule has 0 N–H and O–H groups in total. The fraction of sp³-hybridized carbons (Fsp3) is 0.923. The highest BCUT2D eigenvalue weighted by Crippen LogP contribution is 2.26. The van der Waals surface area contributed by atoms with Gasteiger partial charge in [-0.25, -0.2) is 0 Å². The first kappa shape index (κ1) is 13.8. The number of piperidine rings is 1. The molecule has 0 aromatic carbocycles. The van der Waals surface area contributed by atoms with Crippen molar-refractivity contribution in [2.75, 3.05) is 33.4 Å². The van der Waals surface area contributed by atoms with E-state index in [0.717, 1.165) is 25.9 Å². The molecule has 18 heavy (non-hydrogen) atoms. The van der Waals surface area contributed by atoms with Crippen molar-refractivity contribution in [1.29, 1.82) is 0 Å². The monoisotopic (exact) mass is 257 g/mol. The van der Waals surface area contributed by atoms with Crippen LogP contribution in [0.2, 0.25) is 0 Å². The Morgan fingerprint density at radius 3 is 2.50 bits per heavy atom. The highest BCUT2D eigenvalue weighted by molar-refractivity contribution is 5.76. The van der Waals surface area contributed by atoms with Crippen molar-refractivity contribution in [1.82, 2.24) is 4.90 Å². The van der Waals surface area contributed by atoms with Crippen LogP contribution in [0.15, 0.2) is 0 Å². The summed E-state index contributed by atoms with van der Waals surface area (Å²) in [4.78, 5) is 13.9. The third-order valence-electron chi connectivity index (χ3n) is 3.79. The molecule has 2 heterocycles. The summed E-state index contributed by atoms with van der Waals surface area (Å²) in [6.45, 7) is 4.95. The van der Waals surface area contributed by atoms with Crippen LogP contribution < -0.4 is 0 Å². The number of likely N-dealkylation sites (tertiary alicyclic amines) is 1. The largest absolute Gasteiger partial charge is 0.381 e. The van der Waals surface area contributed by atoms with Crippen molar-refractivity contribution < 1.29 is 19.0 Å². The lowest BCUT2D eigenvalue weighted by molar-refractivity contribution is -0.139. The van der Waals surface area contributed by atoms with Gasteiger partial charge >= 0.3 is 0 Å². The molecular formula is C13H23NO4. The molecule has 2 saturated heterocycles. The Kier molecular flexibility index (Phi) is 4.97. The molecule has 2 aliphatic rings. The number of carbonyl (C=O) groups excluding carboxylic acids is 1. The molecule has 0 aromatic rings. The molecule has 2 fully saturated rings. The van der Waals surface area contributed by atoms with Crippen LogP contribution in [0.25, 0.3) is 0 Å². The lowest BCUT2D eigenvalue weighted by Gasteiger charge is -2.34. The zero-order chi connectivity index (χ0) is 13.0. The lowest BCUT2D eigenvalue weighted by Crippen LogP contribution is -2.42. The molecule has 0 saturated carbocycles. The topological polar surface area (TPSA) is 48.0 Å². The van der Waals surface area contributed by atoms with Crippen LogP contribution in [0.5, 0.6) is 0 Å². The van der Waals surface area contributed by atoms with Gasteiger partial charge < -0.3 is 19.1 Å². The van der Waals surface area contributed by atoms with Crippen LogP contribution in [-0.4, -0.2) is 56.6 Å². The Hall–Kier alpha value is -0.650. The van der Waals surface area contributed by atoms with Gasteiger partial charge in [0.25, 0.3) is 0 Å². The minimum Gasteiger partial charge on any atom is -0.381 e. The number of hydrogen-bond donors (Lipinski definition) is 0. The number of methoxy groups -OCH3 is 1. The smallest absolute Gasteiger partial charge is 0.225 e. The van der Waals surface area contributed by atoms with E-state index in [2.05, 4.69) is 0 Å². The molecule has 5 heteroatoms. The molecule has 1 amide bonds. The lowest BCUT2D eigenvalue weighted by atomic mass is 9.96. The molecule has 0 aliphatic carbocycles. The van der Waals surface area contributed by atoms with E-state index in [9.17, 15) is 4.79 Å². The maximum Gasteiger partial charge on any atom is 0.225 e. The second-order valence-corrected chi connectivity index (χ2v) is 5.08. The normalized spacial score (nSPS) is 24.4. The maximum absolute atomic E-state index is 12.0. The van der Waals surface area contributed by atoms with E-state index < -0.39 is 0 Å². The predicted molar refractivity (Wildman–Crippen MR) is 66.1 cm³/mol. The van der Waals surface area contributed by atoms with Gasteiger partial charge in [0.1, 0.15) is 0 Å². The Bertz CT molecular complexity index is 270. The third-order valence-corrected chi connectivity index (χ3v) is 3.79. The average molecular weight is 257 g/mol. The van der Waals surface area contributed by atoms with E-state index in [0.29, 0.717) is 25.6 Å². The second kappa shape index (κ2) is 6.50. The molecule has 0 aromatic heterocycles. The van der Waals surface area contributed by atoms with Gasteiger partial charge in [-0.15, -0.1) is 0 Å². The minimum absolute atomic E-state index is 0.00303. The fourth-order valence-corrected chi connectivity index (χ4v) is 2.53. The Morgan fingerprint density at radius 1 is 1.33 bits per heavy atom. The molecule has 2 aliphatic heterocycles. The van der Waals surface area contributed by atoms with Crippen LogP contribution in [0, 0.1) is 5.92 Å². The summed E-state index contributed by atoms with van der Waals surface area (Å²) in [5, 5.41) is 0. The van der Waals surface area contributed by atoms with Crippen LogP contribution in [-0.2, 0) is 19.0 Å². The van der Waals surface area contributed by atoms with E-state index in [1.54, 1.807) is 7.11 Å². The standard InChI is InChI=1S/C13H23NO4/c1-10(16-2)9-12(15)14-5-3-11(4-6-14)13-17-7-8-18-13/h10-11,13H,3-9H2,1-2H3. The third kappa shape index (κ3) is 3.43. The number of carbonyl (C=O) groups is 1. The number of amides is 1. The van der Waals surface area contributed by atoms with Crippen LogP contribution in [0.1, 0.15) is 26.2 Å². The number of rotatable bonds is 4. The molecule has 2 rings (SSSR count). The predicted octanol–water partition coefficient (Wildman–Crippen LogP) is 1.02. The second-order valence-electron chi connectivity index (χ2n) is 5.08. The summed E-state index contributed by atoms with van der Waals surface area (Å²) < 4.78 is 16.2. The first-order valence-corrected chi connectivity index (χ1v) is 6.74. The van der Waals surface area contributed by atoms with Crippen molar-refractivity contribution >= 4 is 5.91 Å². The van der Waals surface area contributed by atoms with E-state index in [1.807, 2.05) is 11.8 Å². The molecule has 0 radical (unpaired) electrons. The van der Waals surface area contributed by atoms with E-state index in [-0.39, 0.29) is 18.3 Å². The molecule has 5 nitrogen and oxygen atoms in total. The highest BCUT2D eigenvalue weighted by atomic mass is 16.7. The fourth-order valence-electron chi connectivity index (χ4n) is 2.53. The van der Waals surface area contributed by atoms with Gasteiger partial charge in [0.15, 0.2) is 6.29 Å². The zero-order valence-electron chi connectivity index (χ0n) is 11.3. The summed E-state index contributed by atoms with van der Waals surface area (Å²) in [7, 11) is 1.64.